The zero-order chi connectivity index (χ0) is 22.2. The van der Waals surface area contributed by atoms with E-state index in [2.05, 4.69) is 42.9 Å². The van der Waals surface area contributed by atoms with E-state index in [1.165, 1.54) is 76.2 Å². The lowest BCUT2D eigenvalue weighted by Crippen LogP contribution is -1.97. The summed E-state index contributed by atoms with van der Waals surface area (Å²) in [5.41, 5.74) is 2.29. The van der Waals surface area contributed by atoms with Crippen molar-refractivity contribution in [2.45, 2.75) is 104 Å². The Morgan fingerprint density at radius 2 is 1.35 bits per heavy atom. The fraction of sp³-hybridized carbons (Fsp3) is 0.643. The second-order valence-corrected chi connectivity index (χ2v) is 9.26. The van der Waals surface area contributed by atoms with Gasteiger partial charge in [-0.25, -0.2) is 9.97 Å². The molecule has 0 atom stereocenters. The van der Waals surface area contributed by atoms with Crippen molar-refractivity contribution in [3.05, 3.63) is 42.2 Å². The molecule has 1 aromatic heterocycles. The van der Waals surface area contributed by atoms with E-state index >= 15 is 0 Å². The number of rotatable bonds is 17. The number of unbranched alkanes of at least 4 members (excludes halogenated alkanes) is 9. The Balaban J connectivity index is 1.64. The van der Waals surface area contributed by atoms with Crippen molar-refractivity contribution in [1.82, 2.24) is 9.97 Å². The van der Waals surface area contributed by atoms with Crippen molar-refractivity contribution in [1.29, 1.82) is 0 Å². The molecule has 1 aromatic carbocycles. The summed E-state index contributed by atoms with van der Waals surface area (Å²) in [7, 11) is 0. The van der Waals surface area contributed by atoms with Gasteiger partial charge in [0, 0.05) is 18.0 Å². The van der Waals surface area contributed by atoms with Crippen LogP contribution < -0.4 is 4.74 Å². The molecule has 0 amide bonds. The van der Waals surface area contributed by atoms with Crippen LogP contribution in [0.25, 0.3) is 11.4 Å². The van der Waals surface area contributed by atoms with Crippen LogP contribution in [0, 0.1) is 5.92 Å². The number of aryl methyl sites for hydroxylation is 1. The summed E-state index contributed by atoms with van der Waals surface area (Å²) in [5, 5.41) is 0. The van der Waals surface area contributed by atoms with Gasteiger partial charge < -0.3 is 4.74 Å². The second kappa shape index (κ2) is 15.8. The average Bonchev–Trinajstić information content (AvgIpc) is 2.78. The predicted molar refractivity (Wildman–Crippen MR) is 133 cm³/mol. The Morgan fingerprint density at radius 1 is 0.742 bits per heavy atom. The van der Waals surface area contributed by atoms with E-state index in [1.54, 1.807) is 0 Å². The molecule has 0 unspecified atom stereocenters. The van der Waals surface area contributed by atoms with Gasteiger partial charge in [-0.2, -0.15) is 0 Å². The first-order valence-electron chi connectivity index (χ1n) is 12.7. The molecular formula is C28H44N2O. The minimum Gasteiger partial charge on any atom is -0.494 e. The van der Waals surface area contributed by atoms with E-state index in [1.807, 2.05) is 24.5 Å². The van der Waals surface area contributed by atoms with Gasteiger partial charge >= 0.3 is 0 Å². The lowest BCUT2D eigenvalue weighted by atomic mass is 10.0. The van der Waals surface area contributed by atoms with Gasteiger partial charge in [-0.3, -0.25) is 0 Å². The molecule has 0 aliphatic heterocycles. The molecule has 0 aliphatic carbocycles. The normalized spacial score (nSPS) is 11.2. The average molecular weight is 425 g/mol. The summed E-state index contributed by atoms with van der Waals surface area (Å²) in [4.78, 5) is 9.17. The van der Waals surface area contributed by atoms with E-state index in [4.69, 9.17) is 4.74 Å². The van der Waals surface area contributed by atoms with Crippen molar-refractivity contribution in [3.63, 3.8) is 0 Å². The maximum atomic E-state index is 5.87. The van der Waals surface area contributed by atoms with Crippen LogP contribution in [-0.4, -0.2) is 16.6 Å². The molecule has 0 aliphatic rings. The van der Waals surface area contributed by atoms with Gasteiger partial charge in [0.1, 0.15) is 5.75 Å². The van der Waals surface area contributed by atoms with Crippen molar-refractivity contribution in [2.24, 2.45) is 5.92 Å². The lowest BCUT2D eigenvalue weighted by Gasteiger charge is -2.07. The van der Waals surface area contributed by atoms with Crippen LogP contribution in [-0.2, 0) is 6.42 Å². The molecule has 0 saturated heterocycles. The number of hydrogen-bond acceptors (Lipinski definition) is 3. The Morgan fingerprint density at radius 3 is 2.03 bits per heavy atom. The quantitative estimate of drug-likeness (QED) is 0.239. The van der Waals surface area contributed by atoms with Crippen molar-refractivity contribution in [3.8, 4) is 17.1 Å². The fourth-order valence-corrected chi connectivity index (χ4v) is 3.82. The van der Waals surface area contributed by atoms with E-state index in [-0.39, 0.29) is 0 Å². The first-order valence-corrected chi connectivity index (χ1v) is 12.7. The number of ether oxygens (including phenoxy) is 1. The Hall–Kier alpha value is -1.90. The molecular weight excluding hydrogens is 380 g/mol. The largest absolute Gasteiger partial charge is 0.494 e. The SMILES string of the molecule is CCCCCCCCOc1ccc(-c2ncc(CCCCCCCC(C)C)cn2)cc1. The van der Waals surface area contributed by atoms with Crippen LogP contribution in [0.15, 0.2) is 36.7 Å². The minimum absolute atomic E-state index is 0.792. The number of nitrogens with zero attached hydrogens (tertiary/aromatic N) is 2. The van der Waals surface area contributed by atoms with Crippen molar-refractivity contribution >= 4 is 0 Å². The molecule has 2 rings (SSSR count). The smallest absolute Gasteiger partial charge is 0.159 e. The highest BCUT2D eigenvalue weighted by atomic mass is 16.5. The zero-order valence-electron chi connectivity index (χ0n) is 20.2. The molecule has 0 radical (unpaired) electrons. The summed E-state index contributed by atoms with van der Waals surface area (Å²) < 4.78 is 5.87. The van der Waals surface area contributed by atoms with Crippen LogP contribution >= 0.6 is 0 Å². The van der Waals surface area contributed by atoms with Crippen molar-refractivity contribution in [2.75, 3.05) is 6.61 Å². The van der Waals surface area contributed by atoms with E-state index in [9.17, 15) is 0 Å². The Bertz CT molecular complexity index is 679. The summed E-state index contributed by atoms with van der Waals surface area (Å²) >= 11 is 0. The van der Waals surface area contributed by atoms with Crippen LogP contribution in [0.5, 0.6) is 5.75 Å². The molecule has 0 spiro atoms. The highest BCUT2D eigenvalue weighted by molar-refractivity contribution is 5.55. The number of benzene rings is 1. The Kier molecular flexibility index (Phi) is 13.0. The molecule has 3 heteroatoms. The van der Waals surface area contributed by atoms with Crippen molar-refractivity contribution < 1.29 is 4.74 Å². The lowest BCUT2D eigenvalue weighted by molar-refractivity contribution is 0.304. The van der Waals surface area contributed by atoms with E-state index < -0.39 is 0 Å². The van der Waals surface area contributed by atoms with Crippen LogP contribution in [0.3, 0.4) is 0 Å². The topological polar surface area (TPSA) is 35.0 Å². The van der Waals surface area contributed by atoms with Gasteiger partial charge in [-0.05, 0) is 55.0 Å². The van der Waals surface area contributed by atoms with Gasteiger partial charge in [0.05, 0.1) is 6.61 Å². The molecule has 0 bridgehead atoms. The second-order valence-electron chi connectivity index (χ2n) is 9.26. The summed E-state index contributed by atoms with van der Waals surface area (Å²) in [6.45, 7) is 7.67. The minimum atomic E-state index is 0.792. The highest BCUT2D eigenvalue weighted by Crippen LogP contribution is 2.20. The molecule has 2 aromatic rings. The third-order valence-corrected chi connectivity index (χ3v) is 5.83. The molecule has 0 N–H and O–H groups in total. The Labute approximate surface area is 191 Å². The first kappa shape index (κ1) is 25.4. The predicted octanol–water partition coefficient (Wildman–Crippen LogP) is 8.42. The van der Waals surface area contributed by atoms with Gasteiger partial charge in [-0.1, -0.05) is 85.0 Å². The molecule has 31 heavy (non-hydrogen) atoms. The van der Waals surface area contributed by atoms with Gasteiger partial charge in [0.25, 0.3) is 0 Å². The van der Waals surface area contributed by atoms with E-state index in [0.29, 0.717) is 0 Å². The summed E-state index contributed by atoms with van der Waals surface area (Å²) in [6, 6.07) is 8.18. The maximum Gasteiger partial charge on any atom is 0.159 e. The van der Waals surface area contributed by atoms with Gasteiger partial charge in [-0.15, -0.1) is 0 Å². The third kappa shape index (κ3) is 11.3. The zero-order valence-corrected chi connectivity index (χ0v) is 20.2. The first-order chi connectivity index (χ1) is 15.2. The van der Waals surface area contributed by atoms with E-state index in [0.717, 1.165) is 42.5 Å². The highest BCUT2D eigenvalue weighted by Gasteiger charge is 2.03. The third-order valence-electron chi connectivity index (χ3n) is 5.83. The van der Waals surface area contributed by atoms with Gasteiger partial charge in [0.15, 0.2) is 5.82 Å². The molecule has 1 heterocycles. The van der Waals surface area contributed by atoms with Crippen LogP contribution in [0.2, 0.25) is 0 Å². The van der Waals surface area contributed by atoms with Crippen LogP contribution in [0.1, 0.15) is 103 Å². The number of aromatic nitrogens is 2. The standard InChI is InChI=1S/C28H44N2O/c1-4-5-6-7-11-14-21-31-27-19-17-26(18-20-27)28-29-22-25(23-30-28)16-13-10-8-9-12-15-24(2)3/h17-20,22-24H,4-16,21H2,1-3H3. The van der Waals surface area contributed by atoms with Crippen LogP contribution in [0.4, 0.5) is 0 Å². The molecule has 0 saturated carbocycles. The summed E-state index contributed by atoms with van der Waals surface area (Å²) in [6.07, 6.45) is 20.8. The van der Waals surface area contributed by atoms with Gasteiger partial charge in [0.2, 0.25) is 0 Å². The monoisotopic (exact) mass is 424 g/mol. The molecule has 3 nitrogen and oxygen atoms in total. The molecule has 172 valence electrons. The number of hydrogen-bond donors (Lipinski definition) is 0. The fourth-order valence-electron chi connectivity index (χ4n) is 3.82. The molecule has 0 fully saturated rings. The summed E-state index contributed by atoms with van der Waals surface area (Å²) in [5.74, 6) is 2.56. The maximum absolute atomic E-state index is 5.87.